The number of nitrogens with one attached hydrogen (secondary N) is 1. The van der Waals surface area contributed by atoms with Crippen molar-refractivity contribution < 1.29 is 26.4 Å². The lowest BCUT2D eigenvalue weighted by molar-refractivity contribution is 0.197. The highest BCUT2D eigenvalue weighted by Crippen LogP contribution is 2.12. The summed E-state index contributed by atoms with van der Waals surface area (Å²) in [6, 6.07) is -2.22. The van der Waals surface area contributed by atoms with Gasteiger partial charge in [-0.15, -0.1) is 0 Å². The van der Waals surface area contributed by atoms with Crippen LogP contribution in [0.5, 0.6) is 0 Å². The Hall–Kier alpha value is -1.36. The highest BCUT2D eigenvalue weighted by atomic mass is 32.2. The van der Waals surface area contributed by atoms with Crippen molar-refractivity contribution in [2.24, 2.45) is 0 Å². The fraction of sp³-hybridized carbons (Fsp3) is 0.667. The number of amides is 4. The molecule has 11 heteroatoms. The van der Waals surface area contributed by atoms with E-state index in [1.54, 1.807) is 4.72 Å². The second-order valence-corrected chi connectivity index (χ2v) is 7.10. The second kappa shape index (κ2) is 4.14. The van der Waals surface area contributed by atoms with Gasteiger partial charge in [-0.05, 0) is 0 Å². The van der Waals surface area contributed by atoms with Gasteiger partial charge in [-0.2, -0.15) is 0 Å². The number of imide groups is 1. The molecule has 1 N–H and O–H groups in total. The van der Waals surface area contributed by atoms with E-state index in [4.69, 9.17) is 0 Å². The van der Waals surface area contributed by atoms with Crippen LogP contribution in [0.4, 0.5) is 9.59 Å². The van der Waals surface area contributed by atoms with Crippen molar-refractivity contribution in [3.05, 3.63) is 0 Å². The van der Waals surface area contributed by atoms with E-state index in [1.165, 1.54) is 0 Å². The topological polar surface area (TPSA) is 121 Å². The molecule has 0 aromatic rings. The van der Waals surface area contributed by atoms with Crippen molar-refractivity contribution in [1.29, 1.82) is 0 Å². The molecule has 0 aromatic heterocycles. The molecule has 1 rings (SSSR count). The van der Waals surface area contributed by atoms with Gasteiger partial charge < -0.3 is 0 Å². The van der Waals surface area contributed by atoms with E-state index in [1.807, 2.05) is 0 Å². The molecule has 0 bridgehead atoms. The average Bonchev–Trinajstić information content (AvgIpc) is 2.42. The van der Waals surface area contributed by atoms with Gasteiger partial charge >= 0.3 is 12.1 Å². The summed E-state index contributed by atoms with van der Waals surface area (Å²) in [7, 11) is -7.55. The van der Waals surface area contributed by atoms with E-state index >= 15 is 0 Å². The molecule has 1 heterocycles. The Balaban J connectivity index is 2.85. The third kappa shape index (κ3) is 3.30. The first-order valence-electron chi connectivity index (χ1n) is 4.33. The van der Waals surface area contributed by atoms with Crippen LogP contribution in [0.2, 0.25) is 0 Å². The van der Waals surface area contributed by atoms with Gasteiger partial charge in [-0.3, -0.25) is 0 Å². The summed E-state index contributed by atoms with van der Waals surface area (Å²) < 4.78 is 45.9. The minimum absolute atomic E-state index is 0.186. The number of rotatable bonds is 2. The second-order valence-electron chi connectivity index (χ2n) is 3.45. The number of urea groups is 2. The molecule has 0 unspecified atom stereocenters. The molecule has 0 atom stereocenters. The number of carbonyl (C=O) groups excluding carboxylic acids is 2. The van der Waals surface area contributed by atoms with Gasteiger partial charge in [0.2, 0.25) is 20.0 Å². The van der Waals surface area contributed by atoms with Crippen molar-refractivity contribution in [2.45, 2.75) is 0 Å². The molecule has 1 aliphatic heterocycles. The molecule has 4 amide bonds. The minimum atomic E-state index is -3.80. The number of hydrogen-bond acceptors (Lipinski definition) is 6. The van der Waals surface area contributed by atoms with Crippen molar-refractivity contribution in [2.75, 3.05) is 25.6 Å². The Labute approximate surface area is 98.5 Å². The maximum absolute atomic E-state index is 11.5. The number of nitrogens with zero attached hydrogens (tertiary/aromatic N) is 2. The number of carbonyl (C=O) groups is 2. The Morgan fingerprint density at radius 1 is 1.18 bits per heavy atom. The number of sulfonamides is 2. The zero-order valence-corrected chi connectivity index (χ0v) is 10.7. The van der Waals surface area contributed by atoms with Gasteiger partial charge in [0.15, 0.2) is 0 Å². The van der Waals surface area contributed by atoms with Crippen LogP contribution in [0.15, 0.2) is 0 Å². The lowest BCUT2D eigenvalue weighted by Gasteiger charge is -2.15. The summed E-state index contributed by atoms with van der Waals surface area (Å²) in [6.07, 6.45) is 1.57. The number of hydrogen-bond donors (Lipinski definition) is 1. The SMILES string of the molecule is CS(=O)(=O)NC(=O)N1CCN(S(C)(=O)=O)C1=O. The first-order chi connectivity index (χ1) is 7.52. The lowest BCUT2D eigenvalue weighted by Crippen LogP contribution is -2.45. The fourth-order valence-electron chi connectivity index (χ4n) is 1.23. The summed E-state index contributed by atoms with van der Waals surface area (Å²) in [5, 5.41) is 0. The van der Waals surface area contributed by atoms with Crippen LogP contribution in [0, 0.1) is 0 Å². The summed E-state index contributed by atoms with van der Waals surface area (Å²) in [6.45, 7) is -0.373. The standard InChI is InChI=1S/C6H11N3O6S2/c1-16(12,13)7-5(10)8-3-4-9(6(8)11)17(2,14)15/h3-4H2,1-2H3,(H,7,10). The third-order valence-corrected chi connectivity index (χ3v) is 3.57. The van der Waals surface area contributed by atoms with E-state index in [9.17, 15) is 26.4 Å². The average molecular weight is 285 g/mol. The molecule has 0 aliphatic carbocycles. The van der Waals surface area contributed by atoms with Crippen molar-refractivity contribution >= 4 is 32.1 Å². The lowest BCUT2D eigenvalue weighted by atomic mass is 10.6. The Bertz CT molecular complexity index is 550. The van der Waals surface area contributed by atoms with Crippen LogP contribution in [0.3, 0.4) is 0 Å². The van der Waals surface area contributed by atoms with Crippen molar-refractivity contribution in [3.8, 4) is 0 Å². The quantitative estimate of drug-likeness (QED) is 0.649. The summed E-state index contributed by atoms with van der Waals surface area (Å²) in [5.41, 5.74) is 0. The fourth-order valence-corrected chi connectivity index (χ4v) is 2.45. The molecule has 9 nitrogen and oxygen atoms in total. The molecule has 17 heavy (non-hydrogen) atoms. The normalized spacial score (nSPS) is 17.4. The van der Waals surface area contributed by atoms with Crippen LogP contribution in [-0.2, 0) is 20.0 Å². The highest BCUT2D eigenvalue weighted by Gasteiger charge is 2.38. The molecule has 1 fully saturated rings. The summed E-state index contributed by atoms with van der Waals surface area (Å²) in [4.78, 5) is 23.3. The van der Waals surface area contributed by atoms with Crippen LogP contribution in [-0.4, -0.2) is 63.7 Å². The predicted molar refractivity (Wildman–Crippen MR) is 57.0 cm³/mol. The van der Waals surface area contributed by atoms with Crippen molar-refractivity contribution in [3.63, 3.8) is 0 Å². The van der Waals surface area contributed by atoms with Crippen LogP contribution in [0.25, 0.3) is 0 Å². The molecule has 98 valence electrons. The molecule has 0 aromatic carbocycles. The zero-order valence-electron chi connectivity index (χ0n) is 9.07. The Morgan fingerprint density at radius 3 is 2.06 bits per heavy atom. The monoisotopic (exact) mass is 285 g/mol. The zero-order chi connectivity index (χ0) is 13.4. The van der Waals surface area contributed by atoms with Gasteiger partial charge in [0.1, 0.15) is 0 Å². The first kappa shape index (κ1) is 13.7. The summed E-state index contributed by atoms with van der Waals surface area (Å²) >= 11 is 0. The van der Waals surface area contributed by atoms with E-state index in [-0.39, 0.29) is 13.1 Å². The van der Waals surface area contributed by atoms with E-state index in [2.05, 4.69) is 0 Å². The molecular formula is C6H11N3O6S2. The predicted octanol–water partition coefficient (Wildman–Crippen LogP) is -1.65. The first-order valence-corrected chi connectivity index (χ1v) is 8.07. The largest absolute Gasteiger partial charge is 0.341 e. The van der Waals surface area contributed by atoms with Crippen LogP contribution >= 0.6 is 0 Å². The van der Waals surface area contributed by atoms with E-state index < -0.39 is 32.1 Å². The smallest absolute Gasteiger partial charge is 0.247 e. The maximum atomic E-state index is 11.5. The highest BCUT2D eigenvalue weighted by molar-refractivity contribution is 7.89. The maximum Gasteiger partial charge on any atom is 0.341 e. The van der Waals surface area contributed by atoms with Crippen LogP contribution in [0.1, 0.15) is 0 Å². The third-order valence-electron chi connectivity index (χ3n) is 1.89. The van der Waals surface area contributed by atoms with Gasteiger partial charge in [0, 0.05) is 0 Å². The molecule has 0 radical (unpaired) electrons. The molecule has 1 saturated heterocycles. The van der Waals surface area contributed by atoms with Gasteiger partial charge in [0.25, 0.3) is 0 Å². The van der Waals surface area contributed by atoms with Gasteiger partial charge in [0.05, 0.1) is 25.6 Å². The molecule has 1 aliphatic rings. The van der Waals surface area contributed by atoms with E-state index in [0.717, 1.165) is 12.5 Å². The molecule has 0 saturated carbocycles. The van der Waals surface area contributed by atoms with Crippen LogP contribution < -0.4 is 4.72 Å². The van der Waals surface area contributed by atoms with E-state index in [0.29, 0.717) is 9.21 Å². The Kier molecular flexibility index (Phi) is 3.34. The molecule has 0 spiro atoms. The van der Waals surface area contributed by atoms with Crippen molar-refractivity contribution in [1.82, 2.24) is 13.9 Å². The van der Waals surface area contributed by atoms with Gasteiger partial charge in [-0.25, -0.2) is 40.4 Å². The Morgan fingerprint density at radius 2 is 1.71 bits per heavy atom. The summed E-state index contributed by atoms with van der Waals surface area (Å²) in [5.74, 6) is 0. The molecular weight excluding hydrogens is 274 g/mol. The minimum Gasteiger partial charge on any atom is -0.247 e. The van der Waals surface area contributed by atoms with Gasteiger partial charge in [-0.1, -0.05) is 0 Å².